The van der Waals surface area contributed by atoms with Gasteiger partial charge in [0.1, 0.15) is 5.75 Å². The third kappa shape index (κ3) is 6.24. The maximum Gasteiger partial charge on any atom is 0.573 e. The van der Waals surface area contributed by atoms with Crippen LogP contribution in [-0.2, 0) is 16.0 Å². The van der Waals surface area contributed by atoms with Crippen LogP contribution in [-0.4, -0.2) is 28.5 Å². The molecule has 144 valence electrons. The molecule has 1 aromatic carbocycles. The second-order valence-corrected chi connectivity index (χ2v) is 6.73. The van der Waals surface area contributed by atoms with Crippen molar-refractivity contribution in [2.45, 2.75) is 44.9 Å². The van der Waals surface area contributed by atoms with Gasteiger partial charge in [-0.3, -0.25) is 9.59 Å². The molecule has 8 heteroatoms. The number of aliphatic carboxylic acids is 2. The summed E-state index contributed by atoms with van der Waals surface area (Å²) in [6.45, 7) is 0. The van der Waals surface area contributed by atoms with Crippen molar-refractivity contribution in [1.82, 2.24) is 0 Å². The van der Waals surface area contributed by atoms with Crippen molar-refractivity contribution >= 4 is 11.9 Å². The van der Waals surface area contributed by atoms with Gasteiger partial charge in [-0.15, -0.1) is 13.2 Å². The number of alkyl halides is 3. The molecule has 3 aliphatic carbocycles. The summed E-state index contributed by atoms with van der Waals surface area (Å²) in [4.78, 5) is 21.0. The van der Waals surface area contributed by atoms with Crippen molar-refractivity contribution < 1.29 is 37.7 Å². The summed E-state index contributed by atoms with van der Waals surface area (Å²) in [7, 11) is 0. The molecule has 0 aliphatic heterocycles. The predicted octanol–water partition coefficient (Wildman–Crippen LogP) is 4.11. The van der Waals surface area contributed by atoms with E-state index in [2.05, 4.69) is 4.74 Å². The van der Waals surface area contributed by atoms with E-state index in [1.54, 1.807) is 0 Å². The maximum atomic E-state index is 11.8. The van der Waals surface area contributed by atoms with Crippen LogP contribution in [0.1, 0.15) is 37.7 Å². The fourth-order valence-corrected chi connectivity index (χ4v) is 3.71. The van der Waals surface area contributed by atoms with E-state index in [0.29, 0.717) is 5.92 Å². The van der Waals surface area contributed by atoms with Crippen molar-refractivity contribution in [3.63, 3.8) is 0 Å². The van der Waals surface area contributed by atoms with Gasteiger partial charge in [0, 0.05) is 0 Å². The maximum absolute atomic E-state index is 11.8. The molecule has 0 radical (unpaired) electrons. The van der Waals surface area contributed by atoms with Gasteiger partial charge in [0.25, 0.3) is 0 Å². The van der Waals surface area contributed by atoms with Gasteiger partial charge in [0.2, 0.25) is 0 Å². The van der Waals surface area contributed by atoms with Crippen LogP contribution in [0.4, 0.5) is 13.2 Å². The Balaban J connectivity index is 0.000000195. The molecule has 4 rings (SSSR count). The molecule has 26 heavy (non-hydrogen) atoms. The highest BCUT2D eigenvalue weighted by atomic mass is 19.4. The zero-order valence-electron chi connectivity index (χ0n) is 14.0. The summed E-state index contributed by atoms with van der Waals surface area (Å²) in [5.74, 6) is -0.832. The smallest absolute Gasteiger partial charge is 0.481 e. The molecule has 0 heterocycles. The number of hydrogen-bond acceptors (Lipinski definition) is 3. The lowest BCUT2D eigenvalue weighted by Crippen LogP contribution is -2.35. The van der Waals surface area contributed by atoms with Crippen molar-refractivity contribution in [1.29, 1.82) is 0 Å². The first-order valence-corrected chi connectivity index (χ1v) is 8.43. The summed E-state index contributed by atoms with van der Waals surface area (Å²) in [5, 5.41) is 17.3. The molecule has 3 saturated carbocycles. The lowest BCUT2D eigenvalue weighted by Gasteiger charge is -2.40. The van der Waals surface area contributed by atoms with Crippen molar-refractivity contribution in [3.05, 3.63) is 29.8 Å². The Labute approximate surface area is 148 Å². The van der Waals surface area contributed by atoms with Gasteiger partial charge < -0.3 is 14.9 Å². The first kappa shape index (κ1) is 20.1. The Hall–Kier alpha value is -2.25. The molecule has 1 unspecified atom stereocenters. The predicted molar refractivity (Wildman–Crippen MR) is 85.7 cm³/mol. The second kappa shape index (κ2) is 8.42. The summed E-state index contributed by atoms with van der Waals surface area (Å²) >= 11 is 0. The van der Waals surface area contributed by atoms with E-state index in [4.69, 9.17) is 10.2 Å². The van der Waals surface area contributed by atoms with Crippen LogP contribution in [0.15, 0.2) is 24.3 Å². The molecular formula is C18H21F3O5. The minimum atomic E-state index is -4.76. The molecule has 0 aromatic heterocycles. The molecule has 0 spiro atoms. The number of halogens is 3. The van der Waals surface area contributed by atoms with Gasteiger partial charge in [-0.25, -0.2) is 0 Å². The van der Waals surface area contributed by atoms with Crippen molar-refractivity contribution in [2.24, 2.45) is 17.8 Å². The standard InChI is InChI=1S/C9H7F3O3.C9H14O2/c10-9(11,12)15-7-3-1-2-6(4-7)5-8(13)14;10-9(11)8-5-6-1-3-7(8)4-2-6/h1-4H,5H2,(H,13,14);6-8H,1-5H2,(H,10,11). The quantitative estimate of drug-likeness (QED) is 0.829. The van der Waals surface area contributed by atoms with Crippen LogP contribution in [0.3, 0.4) is 0 Å². The third-order valence-corrected chi connectivity index (χ3v) is 4.85. The Morgan fingerprint density at radius 2 is 1.77 bits per heavy atom. The summed E-state index contributed by atoms with van der Waals surface area (Å²) < 4.78 is 39.0. The number of ether oxygens (including phenoxy) is 1. The molecule has 3 aliphatic rings. The van der Waals surface area contributed by atoms with E-state index in [1.807, 2.05) is 0 Å². The van der Waals surface area contributed by atoms with Crippen molar-refractivity contribution in [2.75, 3.05) is 0 Å². The first-order valence-electron chi connectivity index (χ1n) is 8.43. The van der Waals surface area contributed by atoms with E-state index in [0.717, 1.165) is 24.5 Å². The minimum Gasteiger partial charge on any atom is -0.481 e. The Kier molecular flexibility index (Phi) is 6.50. The molecule has 5 nitrogen and oxygen atoms in total. The van der Waals surface area contributed by atoms with Gasteiger partial charge in [-0.05, 0) is 48.8 Å². The zero-order valence-corrected chi connectivity index (χ0v) is 14.0. The molecule has 2 bridgehead atoms. The molecule has 1 atom stereocenters. The average Bonchev–Trinajstić information content (AvgIpc) is 2.54. The number of fused-ring (bicyclic) bond motifs is 3. The number of carboxylic acid groups (broad SMARTS) is 2. The van der Waals surface area contributed by atoms with Crippen LogP contribution < -0.4 is 4.74 Å². The molecule has 1 aromatic rings. The monoisotopic (exact) mass is 374 g/mol. The van der Waals surface area contributed by atoms with Gasteiger partial charge in [0.05, 0.1) is 12.3 Å². The first-order chi connectivity index (χ1) is 12.1. The summed E-state index contributed by atoms with van der Waals surface area (Å²) in [5.41, 5.74) is 0.254. The number of carbonyl (C=O) groups is 2. The largest absolute Gasteiger partial charge is 0.573 e. The highest BCUT2D eigenvalue weighted by molar-refractivity contribution is 5.71. The zero-order chi connectivity index (χ0) is 19.3. The molecule has 3 fully saturated rings. The topological polar surface area (TPSA) is 83.8 Å². The summed E-state index contributed by atoms with van der Waals surface area (Å²) in [6.07, 6.45) is 0.767. The fourth-order valence-electron chi connectivity index (χ4n) is 3.71. The van der Waals surface area contributed by atoms with Crippen LogP contribution in [0.5, 0.6) is 5.75 Å². The van der Waals surface area contributed by atoms with Crippen LogP contribution in [0.25, 0.3) is 0 Å². The van der Waals surface area contributed by atoms with Crippen LogP contribution in [0.2, 0.25) is 0 Å². The summed E-state index contributed by atoms with van der Waals surface area (Å²) in [6, 6.07) is 4.87. The number of hydrogen-bond donors (Lipinski definition) is 2. The van der Waals surface area contributed by atoms with Gasteiger partial charge in [-0.2, -0.15) is 0 Å². The SMILES string of the molecule is O=C(O)C1CC2CCC1CC2.O=C(O)Cc1cccc(OC(F)(F)F)c1. The highest BCUT2D eigenvalue weighted by Gasteiger charge is 2.39. The van der Waals surface area contributed by atoms with Crippen LogP contribution >= 0.6 is 0 Å². The van der Waals surface area contributed by atoms with Crippen LogP contribution in [0, 0.1) is 17.8 Å². The van der Waals surface area contributed by atoms with Gasteiger partial charge in [-0.1, -0.05) is 25.0 Å². The minimum absolute atomic E-state index is 0.00231. The highest BCUT2D eigenvalue weighted by Crippen LogP contribution is 2.44. The number of rotatable bonds is 4. The van der Waals surface area contributed by atoms with E-state index in [-0.39, 0.29) is 17.9 Å². The van der Waals surface area contributed by atoms with Gasteiger partial charge >= 0.3 is 18.3 Å². The second-order valence-electron chi connectivity index (χ2n) is 6.73. The molecule has 0 amide bonds. The van der Waals surface area contributed by atoms with Gasteiger partial charge in [0.15, 0.2) is 0 Å². The number of carboxylic acids is 2. The van der Waals surface area contributed by atoms with E-state index >= 15 is 0 Å². The van der Waals surface area contributed by atoms with E-state index in [9.17, 15) is 22.8 Å². The van der Waals surface area contributed by atoms with E-state index in [1.165, 1.54) is 37.8 Å². The average molecular weight is 374 g/mol. The fraction of sp³-hybridized carbons (Fsp3) is 0.556. The molecular weight excluding hydrogens is 353 g/mol. The number of benzene rings is 1. The molecule has 2 N–H and O–H groups in total. The Morgan fingerprint density at radius 1 is 1.12 bits per heavy atom. The normalized spacial score (nSPS) is 24.3. The third-order valence-electron chi connectivity index (χ3n) is 4.85. The molecule has 0 saturated heterocycles. The Bertz CT molecular complexity index is 636. The lowest BCUT2D eigenvalue weighted by atomic mass is 9.65. The Morgan fingerprint density at radius 3 is 2.19 bits per heavy atom. The lowest BCUT2D eigenvalue weighted by molar-refractivity contribution is -0.274. The van der Waals surface area contributed by atoms with E-state index < -0.39 is 24.1 Å². The van der Waals surface area contributed by atoms with Crippen molar-refractivity contribution in [3.8, 4) is 5.75 Å².